The number of hydrogen-bond acceptors (Lipinski definition) is 2. The third kappa shape index (κ3) is 8.80. The predicted molar refractivity (Wildman–Crippen MR) is 79.2 cm³/mol. The van der Waals surface area contributed by atoms with E-state index >= 15 is 0 Å². The fourth-order valence-electron chi connectivity index (χ4n) is 2.48. The number of nitrogens with two attached hydrogens (primary N) is 1. The van der Waals surface area contributed by atoms with Gasteiger partial charge in [-0.1, -0.05) is 0 Å². The Morgan fingerprint density at radius 1 is 1.24 bits per heavy atom. The molecule has 0 bridgehead atoms. The summed E-state index contributed by atoms with van der Waals surface area (Å²) >= 11 is 0. The molecule has 0 aromatic heterocycles. The number of guanidine groups is 1. The van der Waals surface area contributed by atoms with E-state index in [-0.39, 0.29) is 5.54 Å². The Bertz CT molecular complexity index is 339. The Labute approximate surface area is 125 Å². The van der Waals surface area contributed by atoms with Crippen molar-refractivity contribution in [1.29, 1.82) is 0 Å². The highest BCUT2D eigenvalue weighted by molar-refractivity contribution is 5.78. The maximum absolute atomic E-state index is 12.3. The maximum Gasteiger partial charge on any atom is 0.401 e. The number of aliphatic imine (C=N–C) groups is 1. The monoisotopic (exact) mass is 308 g/mol. The highest BCUT2D eigenvalue weighted by Gasteiger charge is 2.32. The number of halogens is 3. The van der Waals surface area contributed by atoms with Crippen molar-refractivity contribution in [2.75, 3.05) is 26.2 Å². The van der Waals surface area contributed by atoms with E-state index in [9.17, 15) is 13.2 Å². The van der Waals surface area contributed by atoms with Crippen LogP contribution in [-0.4, -0.2) is 48.8 Å². The summed E-state index contributed by atoms with van der Waals surface area (Å²) in [6, 6.07) is 0. The molecule has 1 aliphatic rings. The predicted octanol–water partition coefficient (Wildman–Crippen LogP) is 2.35. The Morgan fingerprint density at radius 2 is 1.81 bits per heavy atom. The molecule has 0 radical (unpaired) electrons. The van der Waals surface area contributed by atoms with Gasteiger partial charge < -0.3 is 11.1 Å². The minimum absolute atomic E-state index is 0.115. The first kappa shape index (κ1) is 18.1. The van der Waals surface area contributed by atoms with Gasteiger partial charge in [0.1, 0.15) is 0 Å². The van der Waals surface area contributed by atoms with Crippen LogP contribution in [0.1, 0.15) is 40.0 Å². The number of nitrogens with one attached hydrogen (secondary N) is 1. The van der Waals surface area contributed by atoms with E-state index in [1.54, 1.807) is 0 Å². The standard InChI is InChI=1S/C14H27F3N4/c1-13(2,3)20-12(18)19-7-4-11-5-8-21(9-6-11)10-14(15,16)17/h11H,4-10H2,1-3H3,(H3,18,19,20). The molecule has 1 saturated heterocycles. The summed E-state index contributed by atoms with van der Waals surface area (Å²) < 4.78 is 36.9. The lowest BCUT2D eigenvalue weighted by atomic mass is 9.93. The van der Waals surface area contributed by atoms with Crippen LogP contribution >= 0.6 is 0 Å². The van der Waals surface area contributed by atoms with Crippen LogP contribution < -0.4 is 11.1 Å². The molecule has 0 atom stereocenters. The van der Waals surface area contributed by atoms with Crippen LogP contribution in [0.15, 0.2) is 4.99 Å². The minimum atomic E-state index is -4.09. The van der Waals surface area contributed by atoms with E-state index in [0.29, 0.717) is 31.5 Å². The van der Waals surface area contributed by atoms with E-state index in [2.05, 4.69) is 10.3 Å². The lowest BCUT2D eigenvalue weighted by Gasteiger charge is -2.32. The van der Waals surface area contributed by atoms with Gasteiger partial charge in [-0.15, -0.1) is 0 Å². The SMILES string of the molecule is CC(C)(C)NC(N)=NCCC1CCN(CC(F)(F)F)CC1. The lowest BCUT2D eigenvalue weighted by Crippen LogP contribution is -2.45. The van der Waals surface area contributed by atoms with Gasteiger partial charge in [0.2, 0.25) is 0 Å². The van der Waals surface area contributed by atoms with Crippen LogP contribution in [0.2, 0.25) is 0 Å². The van der Waals surface area contributed by atoms with E-state index < -0.39 is 12.7 Å². The fraction of sp³-hybridized carbons (Fsp3) is 0.929. The Kier molecular flexibility index (Phi) is 6.31. The van der Waals surface area contributed by atoms with Crippen molar-refractivity contribution in [3.63, 3.8) is 0 Å². The summed E-state index contributed by atoms with van der Waals surface area (Å²) in [5, 5.41) is 3.08. The van der Waals surface area contributed by atoms with Gasteiger partial charge in [0, 0.05) is 12.1 Å². The molecule has 1 heterocycles. The molecular formula is C14H27F3N4. The number of likely N-dealkylation sites (tertiary alicyclic amines) is 1. The number of alkyl halides is 3. The third-order valence-electron chi connectivity index (χ3n) is 3.43. The van der Waals surface area contributed by atoms with E-state index in [0.717, 1.165) is 19.3 Å². The van der Waals surface area contributed by atoms with Crippen molar-refractivity contribution in [2.24, 2.45) is 16.6 Å². The molecule has 0 aliphatic carbocycles. The van der Waals surface area contributed by atoms with Crippen LogP contribution in [0.3, 0.4) is 0 Å². The molecule has 1 aliphatic heterocycles. The zero-order valence-corrected chi connectivity index (χ0v) is 13.1. The van der Waals surface area contributed by atoms with Crippen LogP contribution in [0.5, 0.6) is 0 Å². The number of nitrogens with zero attached hydrogens (tertiary/aromatic N) is 2. The molecule has 0 spiro atoms. The molecule has 3 N–H and O–H groups in total. The largest absolute Gasteiger partial charge is 0.401 e. The first-order chi connectivity index (χ1) is 9.55. The van der Waals surface area contributed by atoms with Gasteiger partial charge in [-0.2, -0.15) is 13.2 Å². The topological polar surface area (TPSA) is 53.6 Å². The van der Waals surface area contributed by atoms with Crippen LogP contribution in [0.4, 0.5) is 13.2 Å². The van der Waals surface area contributed by atoms with E-state index in [1.807, 2.05) is 20.8 Å². The molecule has 0 saturated carbocycles. The van der Waals surface area contributed by atoms with Crippen molar-refractivity contribution in [2.45, 2.75) is 51.7 Å². The van der Waals surface area contributed by atoms with Crippen LogP contribution in [0.25, 0.3) is 0 Å². The first-order valence-electron chi connectivity index (χ1n) is 7.42. The average molecular weight is 308 g/mol. The maximum atomic E-state index is 12.3. The van der Waals surface area contributed by atoms with Gasteiger partial charge in [0.25, 0.3) is 0 Å². The molecule has 124 valence electrons. The Balaban J connectivity index is 2.23. The molecule has 1 fully saturated rings. The average Bonchev–Trinajstić information content (AvgIpc) is 2.27. The molecule has 21 heavy (non-hydrogen) atoms. The first-order valence-corrected chi connectivity index (χ1v) is 7.42. The van der Waals surface area contributed by atoms with Crippen LogP contribution in [-0.2, 0) is 0 Å². The van der Waals surface area contributed by atoms with Crippen molar-refractivity contribution in [3.05, 3.63) is 0 Å². The molecule has 0 unspecified atom stereocenters. The molecule has 0 aromatic carbocycles. The second-order valence-corrected chi connectivity index (χ2v) is 6.77. The summed E-state index contributed by atoms with van der Waals surface area (Å²) in [5.41, 5.74) is 5.66. The van der Waals surface area contributed by atoms with Crippen LogP contribution in [0, 0.1) is 5.92 Å². The molecule has 0 amide bonds. The molecular weight excluding hydrogens is 281 g/mol. The molecule has 1 rings (SSSR count). The van der Waals surface area contributed by atoms with Gasteiger partial charge in [-0.3, -0.25) is 9.89 Å². The Morgan fingerprint density at radius 3 is 2.29 bits per heavy atom. The lowest BCUT2D eigenvalue weighted by molar-refractivity contribution is -0.148. The van der Waals surface area contributed by atoms with Gasteiger partial charge in [0.15, 0.2) is 5.96 Å². The third-order valence-corrected chi connectivity index (χ3v) is 3.43. The van der Waals surface area contributed by atoms with Gasteiger partial charge in [0.05, 0.1) is 6.54 Å². The molecule has 7 heteroatoms. The zero-order chi connectivity index (χ0) is 16.1. The van der Waals surface area contributed by atoms with Crippen molar-refractivity contribution in [3.8, 4) is 0 Å². The second-order valence-electron chi connectivity index (χ2n) is 6.77. The fourth-order valence-corrected chi connectivity index (χ4v) is 2.48. The van der Waals surface area contributed by atoms with Crippen molar-refractivity contribution in [1.82, 2.24) is 10.2 Å². The minimum Gasteiger partial charge on any atom is -0.370 e. The number of piperidine rings is 1. The Hall–Kier alpha value is -0.980. The van der Waals surface area contributed by atoms with Crippen molar-refractivity contribution >= 4 is 5.96 Å². The number of rotatable bonds is 4. The summed E-state index contributed by atoms with van der Waals surface area (Å²) in [5.74, 6) is 0.873. The molecule has 0 aromatic rings. The highest BCUT2D eigenvalue weighted by Crippen LogP contribution is 2.24. The van der Waals surface area contributed by atoms with Gasteiger partial charge in [-0.25, -0.2) is 0 Å². The number of hydrogen-bond donors (Lipinski definition) is 2. The summed E-state index contributed by atoms with van der Waals surface area (Å²) in [6.07, 6.45) is -1.60. The second kappa shape index (κ2) is 7.33. The van der Waals surface area contributed by atoms with Gasteiger partial charge in [-0.05, 0) is 59.0 Å². The highest BCUT2D eigenvalue weighted by atomic mass is 19.4. The van der Waals surface area contributed by atoms with Crippen molar-refractivity contribution < 1.29 is 13.2 Å². The molecule has 4 nitrogen and oxygen atoms in total. The zero-order valence-electron chi connectivity index (χ0n) is 13.1. The summed E-state index contributed by atoms with van der Waals surface area (Å²) in [6.45, 7) is 6.88. The quantitative estimate of drug-likeness (QED) is 0.619. The van der Waals surface area contributed by atoms with E-state index in [4.69, 9.17) is 5.73 Å². The van der Waals surface area contributed by atoms with Gasteiger partial charge >= 0.3 is 6.18 Å². The van der Waals surface area contributed by atoms with E-state index in [1.165, 1.54) is 4.90 Å². The summed E-state index contributed by atoms with van der Waals surface area (Å²) in [7, 11) is 0. The summed E-state index contributed by atoms with van der Waals surface area (Å²) in [4.78, 5) is 5.75. The normalized spacial score (nSPS) is 19.8. The smallest absolute Gasteiger partial charge is 0.370 e.